The number of anilines is 1. The third-order valence-electron chi connectivity index (χ3n) is 5.78. The first kappa shape index (κ1) is 19.3. The molecule has 2 aliphatic rings. The molecule has 29 heavy (non-hydrogen) atoms. The Balaban J connectivity index is 1.64. The number of hydrogen-bond donors (Lipinski definition) is 0. The van der Waals surface area contributed by atoms with Crippen molar-refractivity contribution >= 4 is 23.4 Å². The molecule has 1 saturated carbocycles. The molecule has 6 heteroatoms. The second-order valence-corrected chi connectivity index (χ2v) is 7.64. The zero-order valence-corrected chi connectivity index (χ0v) is 16.1. The number of hydrogen-bond acceptors (Lipinski definition) is 3. The monoisotopic (exact) mass is 394 g/mol. The van der Waals surface area contributed by atoms with Crippen LogP contribution in [0.1, 0.15) is 48.9 Å². The Morgan fingerprint density at radius 1 is 0.931 bits per heavy atom. The minimum Gasteiger partial charge on any atom is -0.308 e. The highest BCUT2D eigenvalue weighted by molar-refractivity contribution is 6.22. The summed E-state index contributed by atoms with van der Waals surface area (Å²) in [6.07, 6.45) is 4.70. The van der Waals surface area contributed by atoms with Crippen LogP contribution in [0.25, 0.3) is 0 Å². The SMILES string of the molecule is O=C(CC1C(=O)N(c2ccccc2)C(=O)N1C1CCCCC1)c1ccc(F)cc1. The van der Waals surface area contributed by atoms with Crippen molar-refractivity contribution in [1.29, 1.82) is 0 Å². The van der Waals surface area contributed by atoms with Crippen LogP contribution in [0.3, 0.4) is 0 Å². The summed E-state index contributed by atoms with van der Waals surface area (Å²) in [5.74, 6) is -1.07. The van der Waals surface area contributed by atoms with Gasteiger partial charge in [-0.2, -0.15) is 0 Å². The van der Waals surface area contributed by atoms with Crippen molar-refractivity contribution in [3.05, 3.63) is 66.0 Å². The van der Waals surface area contributed by atoms with Crippen LogP contribution < -0.4 is 4.90 Å². The first-order valence-corrected chi connectivity index (χ1v) is 10.1. The van der Waals surface area contributed by atoms with Crippen LogP contribution in [0.4, 0.5) is 14.9 Å². The van der Waals surface area contributed by atoms with Gasteiger partial charge < -0.3 is 4.90 Å². The van der Waals surface area contributed by atoms with Gasteiger partial charge in [0.05, 0.1) is 5.69 Å². The molecule has 0 aromatic heterocycles. The fraction of sp³-hybridized carbons (Fsp3) is 0.348. The van der Waals surface area contributed by atoms with Crippen molar-refractivity contribution < 1.29 is 18.8 Å². The fourth-order valence-electron chi connectivity index (χ4n) is 4.31. The van der Waals surface area contributed by atoms with Crippen molar-refractivity contribution in [2.24, 2.45) is 0 Å². The average Bonchev–Trinajstić information content (AvgIpc) is 2.99. The molecule has 4 rings (SSSR count). The third kappa shape index (κ3) is 3.79. The largest absolute Gasteiger partial charge is 0.332 e. The van der Waals surface area contributed by atoms with E-state index in [1.54, 1.807) is 29.2 Å². The topological polar surface area (TPSA) is 57.7 Å². The van der Waals surface area contributed by atoms with E-state index in [1.807, 2.05) is 6.07 Å². The number of amides is 3. The van der Waals surface area contributed by atoms with E-state index in [9.17, 15) is 18.8 Å². The minimum atomic E-state index is -0.830. The molecule has 2 fully saturated rings. The molecule has 1 saturated heterocycles. The van der Waals surface area contributed by atoms with E-state index in [2.05, 4.69) is 0 Å². The molecule has 5 nitrogen and oxygen atoms in total. The van der Waals surface area contributed by atoms with Gasteiger partial charge in [0.15, 0.2) is 5.78 Å². The van der Waals surface area contributed by atoms with Crippen LogP contribution in [-0.2, 0) is 4.79 Å². The zero-order valence-electron chi connectivity index (χ0n) is 16.1. The second-order valence-electron chi connectivity index (χ2n) is 7.64. The molecule has 2 aromatic rings. The van der Waals surface area contributed by atoms with Gasteiger partial charge in [-0.1, -0.05) is 37.5 Å². The summed E-state index contributed by atoms with van der Waals surface area (Å²) in [6.45, 7) is 0. The Kier molecular flexibility index (Phi) is 5.43. The predicted molar refractivity (Wildman–Crippen MR) is 107 cm³/mol. The molecular formula is C23H23FN2O3. The van der Waals surface area contributed by atoms with E-state index < -0.39 is 11.9 Å². The van der Waals surface area contributed by atoms with Crippen molar-refractivity contribution in [2.75, 3.05) is 4.90 Å². The number of benzene rings is 2. The molecule has 2 aromatic carbocycles. The Labute approximate surface area is 169 Å². The quantitative estimate of drug-likeness (QED) is 0.551. The highest BCUT2D eigenvalue weighted by Gasteiger charge is 2.49. The lowest BCUT2D eigenvalue weighted by Crippen LogP contribution is -2.45. The first-order valence-electron chi connectivity index (χ1n) is 10.1. The number of halogens is 1. The van der Waals surface area contributed by atoms with Crippen molar-refractivity contribution in [3.63, 3.8) is 0 Å². The van der Waals surface area contributed by atoms with Crippen molar-refractivity contribution in [1.82, 2.24) is 4.90 Å². The Morgan fingerprint density at radius 3 is 2.24 bits per heavy atom. The summed E-state index contributed by atoms with van der Waals surface area (Å²) in [6, 6.07) is 12.9. The molecule has 0 spiro atoms. The molecule has 3 amide bonds. The summed E-state index contributed by atoms with van der Waals surface area (Å²) >= 11 is 0. The van der Waals surface area contributed by atoms with E-state index in [0.29, 0.717) is 11.3 Å². The summed E-state index contributed by atoms with van der Waals surface area (Å²) < 4.78 is 13.2. The average molecular weight is 394 g/mol. The van der Waals surface area contributed by atoms with Gasteiger partial charge >= 0.3 is 6.03 Å². The van der Waals surface area contributed by atoms with E-state index in [1.165, 1.54) is 29.2 Å². The minimum absolute atomic E-state index is 0.0417. The first-order chi connectivity index (χ1) is 14.1. The standard InChI is InChI=1S/C23H23FN2O3/c24-17-13-11-16(12-14-17)21(27)15-20-22(28)26(19-9-5-2-6-10-19)23(29)25(20)18-7-3-1-4-8-18/h2,5-6,9-14,18,20H,1,3-4,7-8,15H2. The number of ketones is 1. The Morgan fingerprint density at radius 2 is 1.59 bits per heavy atom. The van der Waals surface area contributed by atoms with E-state index >= 15 is 0 Å². The van der Waals surface area contributed by atoms with E-state index in [4.69, 9.17) is 0 Å². The van der Waals surface area contributed by atoms with Gasteiger partial charge in [-0.15, -0.1) is 0 Å². The Bertz CT molecular complexity index is 907. The van der Waals surface area contributed by atoms with E-state index in [-0.39, 0.29) is 30.2 Å². The molecule has 150 valence electrons. The molecule has 1 atom stereocenters. The van der Waals surface area contributed by atoms with Crippen LogP contribution in [0.5, 0.6) is 0 Å². The maximum Gasteiger partial charge on any atom is 0.332 e. The molecule has 1 unspecified atom stereocenters. The summed E-state index contributed by atoms with van der Waals surface area (Å²) in [5, 5.41) is 0. The molecule has 0 bridgehead atoms. The number of urea groups is 1. The van der Waals surface area contributed by atoms with Crippen LogP contribution in [-0.4, -0.2) is 34.7 Å². The van der Waals surface area contributed by atoms with E-state index in [0.717, 1.165) is 32.1 Å². The van der Waals surface area contributed by atoms with Crippen molar-refractivity contribution in [3.8, 4) is 0 Å². The molecule has 1 heterocycles. The number of Topliss-reactive ketones (excluding diaryl/α,β-unsaturated/α-hetero) is 1. The lowest BCUT2D eigenvalue weighted by atomic mass is 9.92. The van der Waals surface area contributed by atoms with Crippen molar-refractivity contribution in [2.45, 2.75) is 50.6 Å². The lowest BCUT2D eigenvalue weighted by Gasteiger charge is -2.33. The number of para-hydroxylation sites is 1. The number of nitrogens with zero attached hydrogens (tertiary/aromatic N) is 2. The highest BCUT2D eigenvalue weighted by Crippen LogP contribution is 2.33. The predicted octanol–water partition coefficient (Wildman–Crippen LogP) is 4.57. The van der Waals surface area contributed by atoms with Gasteiger partial charge in [-0.05, 0) is 49.2 Å². The molecular weight excluding hydrogens is 371 g/mol. The van der Waals surface area contributed by atoms with Gasteiger partial charge in [0, 0.05) is 18.0 Å². The lowest BCUT2D eigenvalue weighted by molar-refractivity contribution is -0.120. The van der Waals surface area contributed by atoms with Gasteiger partial charge in [0.25, 0.3) is 5.91 Å². The number of carbonyl (C=O) groups excluding carboxylic acids is 3. The summed E-state index contributed by atoms with van der Waals surface area (Å²) in [5.41, 5.74) is 0.855. The van der Waals surface area contributed by atoms with Gasteiger partial charge in [0.1, 0.15) is 11.9 Å². The molecule has 0 N–H and O–H groups in total. The highest BCUT2D eigenvalue weighted by atomic mass is 19.1. The zero-order chi connectivity index (χ0) is 20.4. The molecule has 1 aliphatic carbocycles. The fourth-order valence-corrected chi connectivity index (χ4v) is 4.31. The molecule has 1 aliphatic heterocycles. The van der Waals surface area contributed by atoms with Gasteiger partial charge in [0.2, 0.25) is 0 Å². The van der Waals surface area contributed by atoms with Crippen LogP contribution in [0.15, 0.2) is 54.6 Å². The maximum atomic E-state index is 13.3. The summed E-state index contributed by atoms with van der Waals surface area (Å²) in [7, 11) is 0. The van der Waals surface area contributed by atoms with Gasteiger partial charge in [-0.3, -0.25) is 9.59 Å². The molecule has 0 radical (unpaired) electrons. The number of imide groups is 1. The third-order valence-corrected chi connectivity index (χ3v) is 5.78. The number of rotatable bonds is 5. The van der Waals surface area contributed by atoms with Crippen LogP contribution in [0.2, 0.25) is 0 Å². The second kappa shape index (κ2) is 8.15. The van der Waals surface area contributed by atoms with Crippen LogP contribution in [0, 0.1) is 5.82 Å². The number of carbonyl (C=O) groups is 3. The summed E-state index contributed by atoms with van der Waals surface area (Å²) in [4.78, 5) is 42.1. The van der Waals surface area contributed by atoms with Gasteiger partial charge in [-0.25, -0.2) is 14.1 Å². The Hall–Kier alpha value is -3.02. The normalized spacial score (nSPS) is 20.4. The maximum absolute atomic E-state index is 13.3. The van der Waals surface area contributed by atoms with Crippen LogP contribution >= 0.6 is 0 Å². The smallest absolute Gasteiger partial charge is 0.308 e.